The second kappa shape index (κ2) is 5.17. The van der Waals surface area contributed by atoms with Gasteiger partial charge >= 0.3 is 6.09 Å². The molecule has 0 aliphatic carbocycles. The summed E-state index contributed by atoms with van der Waals surface area (Å²) < 4.78 is 10.2. The van der Waals surface area contributed by atoms with Gasteiger partial charge in [0.2, 0.25) is 0 Å². The van der Waals surface area contributed by atoms with Gasteiger partial charge < -0.3 is 14.8 Å². The Hall–Kier alpha value is -3.00. The Morgan fingerprint density at radius 1 is 1.52 bits per heavy atom. The molecule has 0 spiro atoms. The van der Waals surface area contributed by atoms with Gasteiger partial charge in [-0.15, -0.1) is 0 Å². The number of rotatable bonds is 3. The summed E-state index contributed by atoms with van der Waals surface area (Å²) in [5, 5.41) is 5.94. The number of hydrogen-bond donors (Lipinski definition) is 1. The minimum Gasteiger partial charge on any atom is -0.480 e. The van der Waals surface area contributed by atoms with Crippen LogP contribution in [0.1, 0.15) is 0 Å². The SMILES string of the molecule is [N-]=[N+]=NCC1CN(c2ccc3c(n2)NC(=O)CO3)C(=O)O1. The first kappa shape index (κ1) is 13.0. The molecule has 0 aromatic carbocycles. The van der Waals surface area contributed by atoms with Crippen LogP contribution in [0.2, 0.25) is 0 Å². The number of fused-ring (bicyclic) bond motifs is 1. The van der Waals surface area contributed by atoms with Gasteiger partial charge in [0.15, 0.2) is 18.2 Å². The molecule has 3 rings (SSSR count). The lowest BCUT2D eigenvalue weighted by molar-refractivity contribution is -0.118. The van der Waals surface area contributed by atoms with Gasteiger partial charge in [-0.1, -0.05) is 5.11 Å². The van der Waals surface area contributed by atoms with Gasteiger partial charge in [0.05, 0.1) is 13.1 Å². The number of pyridine rings is 1. The molecule has 2 amide bonds. The zero-order valence-electron chi connectivity index (χ0n) is 10.7. The predicted molar refractivity (Wildman–Crippen MR) is 70.0 cm³/mol. The van der Waals surface area contributed by atoms with Gasteiger partial charge in [0.1, 0.15) is 11.9 Å². The van der Waals surface area contributed by atoms with Crippen LogP contribution in [0.3, 0.4) is 0 Å². The maximum atomic E-state index is 11.8. The number of aromatic nitrogens is 1. The topological polar surface area (TPSA) is 130 Å². The molecular formula is C11H10N6O4. The fourth-order valence-corrected chi connectivity index (χ4v) is 2.04. The van der Waals surface area contributed by atoms with Crippen molar-refractivity contribution in [2.45, 2.75) is 6.10 Å². The van der Waals surface area contributed by atoms with Crippen molar-refractivity contribution in [1.82, 2.24) is 4.98 Å². The zero-order chi connectivity index (χ0) is 14.8. The van der Waals surface area contributed by atoms with E-state index in [0.717, 1.165) is 0 Å². The Bertz CT molecular complexity index is 656. The fraction of sp³-hybridized carbons (Fsp3) is 0.364. The molecule has 1 aromatic heterocycles. The predicted octanol–water partition coefficient (Wildman–Crippen LogP) is 1.05. The van der Waals surface area contributed by atoms with Gasteiger partial charge in [-0.3, -0.25) is 9.69 Å². The number of nitrogens with zero attached hydrogens (tertiary/aromatic N) is 5. The van der Waals surface area contributed by atoms with Crippen LogP contribution in [-0.4, -0.2) is 42.8 Å². The Morgan fingerprint density at radius 3 is 3.19 bits per heavy atom. The number of carbonyl (C=O) groups excluding carboxylic acids is 2. The molecule has 1 saturated heterocycles. The van der Waals surface area contributed by atoms with Crippen molar-refractivity contribution >= 4 is 23.6 Å². The van der Waals surface area contributed by atoms with E-state index in [-0.39, 0.29) is 31.4 Å². The molecule has 10 heteroatoms. The Balaban J connectivity index is 1.81. The molecule has 1 atom stereocenters. The molecule has 1 fully saturated rings. The molecule has 1 N–H and O–H groups in total. The first-order valence-electron chi connectivity index (χ1n) is 6.10. The van der Waals surface area contributed by atoms with Crippen molar-refractivity contribution in [1.29, 1.82) is 0 Å². The van der Waals surface area contributed by atoms with E-state index in [1.165, 1.54) is 4.90 Å². The molecule has 1 unspecified atom stereocenters. The number of cyclic esters (lactones) is 1. The maximum Gasteiger partial charge on any atom is 0.415 e. The van der Waals surface area contributed by atoms with E-state index in [1.807, 2.05) is 0 Å². The lowest BCUT2D eigenvalue weighted by Crippen LogP contribution is -2.29. The minimum atomic E-state index is -0.580. The third-order valence-electron chi connectivity index (χ3n) is 2.96. The van der Waals surface area contributed by atoms with Gasteiger partial charge in [0, 0.05) is 4.91 Å². The largest absolute Gasteiger partial charge is 0.480 e. The molecule has 3 heterocycles. The molecule has 10 nitrogen and oxygen atoms in total. The summed E-state index contributed by atoms with van der Waals surface area (Å²) in [6.07, 6.45) is -1.10. The van der Waals surface area contributed by atoms with Crippen LogP contribution in [0.15, 0.2) is 17.2 Å². The van der Waals surface area contributed by atoms with Gasteiger partial charge in [-0.05, 0) is 17.7 Å². The smallest absolute Gasteiger partial charge is 0.415 e. The first-order valence-corrected chi connectivity index (χ1v) is 6.10. The number of ether oxygens (including phenoxy) is 2. The average molecular weight is 290 g/mol. The highest BCUT2D eigenvalue weighted by molar-refractivity contribution is 5.95. The summed E-state index contributed by atoms with van der Waals surface area (Å²) in [5.74, 6) is 0.719. The zero-order valence-corrected chi connectivity index (χ0v) is 10.7. The summed E-state index contributed by atoms with van der Waals surface area (Å²) in [5.41, 5.74) is 8.27. The molecule has 2 aliphatic rings. The van der Waals surface area contributed by atoms with E-state index < -0.39 is 12.2 Å². The third kappa shape index (κ3) is 2.51. The second-order valence-electron chi connectivity index (χ2n) is 4.38. The quantitative estimate of drug-likeness (QED) is 0.505. The van der Waals surface area contributed by atoms with Crippen LogP contribution < -0.4 is 15.0 Å². The van der Waals surface area contributed by atoms with Gasteiger partial charge in [-0.25, -0.2) is 9.78 Å². The van der Waals surface area contributed by atoms with Crippen LogP contribution >= 0.6 is 0 Å². The lowest BCUT2D eigenvalue weighted by Gasteiger charge is -2.19. The van der Waals surface area contributed by atoms with Crippen LogP contribution in [0.5, 0.6) is 5.75 Å². The van der Waals surface area contributed by atoms with Gasteiger partial charge in [0.25, 0.3) is 5.91 Å². The Labute approximate surface area is 118 Å². The number of nitrogens with one attached hydrogen (secondary N) is 1. The number of hydrogen-bond acceptors (Lipinski definition) is 6. The number of amides is 2. The highest BCUT2D eigenvalue weighted by Crippen LogP contribution is 2.29. The van der Waals surface area contributed by atoms with E-state index in [9.17, 15) is 9.59 Å². The average Bonchev–Trinajstić information content (AvgIpc) is 2.85. The fourth-order valence-electron chi connectivity index (χ4n) is 2.04. The van der Waals surface area contributed by atoms with Gasteiger partial charge in [-0.2, -0.15) is 0 Å². The maximum absolute atomic E-state index is 11.8. The first-order chi connectivity index (χ1) is 10.2. The summed E-state index contributed by atoms with van der Waals surface area (Å²) in [7, 11) is 0. The van der Waals surface area contributed by atoms with Crippen LogP contribution in [0.4, 0.5) is 16.4 Å². The molecule has 0 bridgehead atoms. The van der Waals surface area contributed by atoms with Crippen molar-refractivity contribution in [2.75, 3.05) is 29.9 Å². The molecule has 0 radical (unpaired) electrons. The van der Waals surface area contributed by atoms with E-state index in [2.05, 4.69) is 20.3 Å². The summed E-state index contributed by atoms with van der Waals surface area (Å²) in [6.45, 7) is 0.218. The van der Waals surface area contributed by atoms with E-state index in [4.69, 9.17) is 15.0 Å². The van der Waals surface area contributed by atoms with Crippen LogP contribution in [0.25, 0.3) is 10.4 Å². The molecule has 2 aliphatic heterocycles. The summed E-state index contributed by atoms with van der Waals surface area (Å²) >= 11 is 0. The number of carbonyl (C=O) groups is 2. The highest BCUT2D eigenvalue weighted by atomic mass is 16.6. The molecular weight excluding hydrogens is 280 g/mol. The number of azide groups is 1. The van der Waals surface area contributed by atoms with Crippen LogP contribution in [-0.2, 0) is 9.53 Å². The molecule has 1 aromatic rings. The highest BCUT2D eigenvalue weighted by Gasteiger charge is 2.33. The van der Waals surface area contributed by atoms with Crippen molar-refractivity contribution in [3.05, 3.63) is 22.6 Å². The van der Waals surface area contributed by atoms with Crippen molar-refractivity contribution < 1.29 is 19.1 Å². The van der Waals surface area contributed by atoms with Crippen molar-refractivity contribution in [3.8, 4) is 5.75 Å². The lowest BCUT2D eigenvalue weighted by atomic mass is 10.3. The molecule has 21 heavy (non-hydrogen) atoms. The molecule has 108 valence electrons. The second-order valence-corrected chi connectivity index (χ2v) is 4.38. The number of anilines is 2. The monoisotopic (exact) mass is 290 g/mol. The summed E-state index contributed by atoms with van der Waals surface area (Å²) in [6, 6.07) is 3.21. The standard InChI is InChI=1S/C11H10N6O4/c12-16-13-3-6-4-17(11(19)21-6)8-2-1-7-10(14-8)15-9(18)5-20-7/h1-2,6H,3-5H2,(H,14,15,18). The normalized spacial score (nSPS) is 20.0. The Morgan fingerprint density at radius 2 is 2.38 bits per heavy atom. The van der Waals surface area contributed by atoms with E-state index >= 15 is 0 Å². The summed E-state index contributed by atoms with van der Waals surface area (Å²) in [4.78, 5) is 31.2. The van der Waals surface area contributed by atoms with Crippen LogP contribution in [0, 0.1) is 0 Å². The van der Waals surface area contributed by atoms with E-state index in [1.54, 1.807) is 12.1 Å². The Kier molecular flexibility index (Phi) is 3.20. The third-order valence-corrected chi connectivity index (χ3v) is 2.96. The van der Waals surface area contributed by atoms with Crippen molar-refractivity contribution in [3.63, 3.8) is 0 Å². The van der Waals surface area contributed by atoms with E-state index in [0.29, 0.717) is 11.6 Å². The minimum absolute atomic E-state index is 0.0591. The van der Waals surface area contributed by atoms with Crippen molar-refractivity contribution in [2.24, 2.45) is 5.11 Å². The molecule has 0 saturated carbocycles.